The van der Waals surface area contributed by atoms with Gasteiger partial charge in [0.2, 0.25) is 5.43 Å². The van der Waals surface area contributed by atoms with Gasteiger partial charge in [0.1, 0.15) is 5.56 Å². The minimum Gasteiger partial charge on any atom is -0.365 e. The number of aromatic amines is 1. The summed E-state index contributed by atoms with van der Waals surface area (Å²) in [5.41, 5.74) is 7.48. The number of nitrogens with one attached hydrogen (secondary N) is 1. The predicted octanol–water partition coefficient (Wildman–Crippen LogP) is 3.33. The molecule has 3 N–H and O–H groups in total. The van der Waals surface area contributed by atoms with Crippen molar-refractivity contribution in [1.29, 1.82) is 0 Å². The summed E-state index contributed by atoms with van der Waals surface area (Å²) in [4.78, 5) is 27.3. The van der Waals surface area contributed by atoms with Gasteiger partial charge in [-0.25, -0.2) is 0 Å². The molecule has 0 fully saturated rings. The summed E-state index contributed by atoms with van der Waals surface area (Å²) in [7, 11) is 0. The van der Waals surface area contributed by atoms with Crippen molar-refractivity contribution in [2.45, 2.75) is 0 Å². The molecule has 0 unspecified atom stereocenters. The summed E-state index contributed by atoms with van der Waals surface area (Å²) in [6, 6.07) is 13.1. The van der Waals surface area contributed by atoms with Crippen LogP contribution in [0.4, 0.5) is 0 Å². The highest BCUT2D eigenvalue weighted by Gasteiger charge is 2.15. The highest BCUT2D eigenvalue weighted by atomic mass is 79.9. The molecular weight excluding hydrogens is 370 g/mol. The van der Waals surface area contributed by atoms with Gasteiger partial charge < -0.3 is 15.3 Å². The molecule has 6 heteroatoms. The van der Waals surface area contributed by atoms with Gasteiger partial charge in [-0.15, -0.1) is 0 Å². The SMILES string of the molecule is NC(=O)c1cn(-c2cc3[nH]ccc3cc2Br)c2ccccc2c1=O. The fraction of sp³-hybridized carbons (Fsp3) is 0. The Kier molecular flexibility index (Phi) is 3.28. The quantitative estimate of drug-likeness (QED) is 0.558. The Bertz CT molecular complexity index is 1170. The molecule has 0 atom stereocenters. The number of fused-ring (bicyclic) bond motifs is 2. The Morgan fingerprint density at radius 2 is 1.96 bits per heavy atom. The molecular formula is C18H12BrN3O2. The molecule has 0 saturated heterocycles. The van der Waals surface area contributed by atoms with Crippen LogP contribution < -0.4 is 11.2 Å². The van der Waals surface area contributed by atoms with Gasteiger partial charge in [0.05, 0.1) is 11.2 Å². The Balaban J connectivity index is 2.15. The minimum atomic E-state index is -0.739. The number of hydrogen-bond acceptors (Lipinski definition) is 2. The Morgan fingerprint density at radius 3 is 2.75 bits per heavy atom. The lowest BCUT2D eigenvalue weighted by Gasteiger charge is -2.14. The Hall–Kier alpha value is -2.86. The first-order chi connectivity index (χ1) is 11.6. The molecule has 0 aliphatic heterocycles. The molecule has 5 nitrogen and oxygen atoms in total. The number of carbonyl (C=O) groups excluding carboxylic acids is 1. The summed E-state index contributed by atoms with van der Waals surface area (Å²) in [5, 5.41) is 1.51. The molecule has 2 heterocycles. The fourth-order valence-electron chi connectivity index (χ4n) is 2.90. The van der Waals surface area contributed by atoms with Gasteiger partial charge in [0.15, 0.2) is 0 Å². The number of nitrogens with zero attached hydrogens (tertiary/aromatic N) is 1. The van der Waals surface area contributed by atoms with Crippen molar-refractivity contribution < 1.29 is 4.79 Å². The maximum Gasteiger partial charge on any atom is 0.254 e. The molecule has 4 aromatic rings. The third-order valence-electron chi connectivity index (χ3n) is 4.06. The maximum absolute atomic E-state index is 12.5. The van der Waals surface area contributed by atoms with Crippen LogP contribution in [-0.4, -0.2) is 15.5 Å². The largest absolute Gasteiger partial charge is 0.365 e. The molecule has 0 spiro atoms. The first-order valence-electron chi connectivity index (χ1n) is 7.27. The zero-order valence-corrected chi connectivity index (χ0v) is 14.0. The Morgan fingerprint density at radius 1 is 1.17 bits per heavy atom. The number of nitrogens with two attached hydrogens (primary N) is 1. The van der Waals surface area contributed by atoms with Crippen molar-refractivity contribution in [3.05, 3.63) is 75.1 Å². The van der Waals surface area contributed by atoms with Crippen molar-refractivity contribution in [3.63, 3.8) is 0 Å². The molecule has 0 radical (unpaired) electrons. The van der Waals surface area contributed by atoms with Crippen molar-refractivity contribution in [2.75, 3.05) is 0 Å². The molecule has 0 aliphatic carbocycles. The molecule has 118 valence electrons. The van der Waals surface area contributed by atoms with Crippen LogP contribution in [-0.2, 0) is 0 Å². The monoisotopic (exact) mass is 381 g/mol. The van der Waals surface area contributed by atoms with Crippen molar-refractivity contribution in [1.82, 2.24) is 9.55 Å². The molecule has 0 saturated carbocycles. The van der Waals surface area contributed by atoms with Gasteiger partial charge in [-0.2, -0.15) is 0 Å². The first kappa shape index (κ1) is 14.7. The highest BCUT2D eigenvalue weighted by molar-refractivity contribution is 9.10. The van der Waals surface area contributed by atoms with Crippen molar-refractivity contribution in [3.8, 4) is 5.69 Å². The summed E-state index contributed by atoms with van der Waals surface area (Å²) < 4.78 is 2.65. The molecule has 4 rings (SSSR count). The van der Waals surface area contributed by atoms with E-state index in [0.717, 1.165) is 21.1 Å². The number of pyridine rings is 1. The second-order valence-electron chi connectivity index (χ2n) is 5.49. The second kappa shape index (κ2) is 5.35. The van der Waals surface area contributed by atoms with Gasteiger partial charge in [-0.3, -0.25) is 9.59 Å². The van der Waals surface area contributed by atoms with Crippen molar-refractivity contribution in [2.24, 2.45) is 5.73 Å². The van der Waals surface area contributed by atoms with Crippen LogP contribution in [0.5, 0.6) is 0 Å². The Labute approximate surface area is 144 Å². The number of carbonyl (C=O) groups is 1. The van der Waals surface area contributed by atoms with Gasteiger partial charge in [0.25, 0.3) is 5.91 Å². The van der Waals surface area contributed by atoms with Crippen LogP contribution in [0.25, 0.3) is 27.5 Å². The van der Waals surface area contributed by atoms with Gasteiger partial charge >= 0.3 is 0 Å². The summed E-state index contributed by atoms with van der Waals surface area (Å²) >= 11 is 3.58. The number of halogens is 1. The predicted molar refractivity (Wildman–Crippen MR) is 97.6 cm³/mol. The smallest absolute Gasteiger partial charge is 0.254 e. The summed E-state index contributed by atoms with van der Waals surface area (Å²) in [5.74, 6) is -0.739. The number of hydrogen-bond donors (Lipinski definition) is 2. The molecule has 0 bridgehead atoms. The van der Waals surface area contributed by atoms with E-state index in [9.17, 15) is 9.59 Å². The number of H-pyrrole nitrogens is 1. The number of benzene rings is 2. The lowest BCUT2D eigenvalue weighted by atomic mass is 10.1. The van der Waals surface area contributed by atoms with E-state index >= 15 is 0 Å². The number of primary amides is 1. The minimum absolute atomic E-state index is 0.0350. The van der Waals surface area contributed by atoms with Crippen LogP contribution >= 0.6 is 15.9 Å². The van der Waals surface area contributed by atoms with E-state index in [2.05, 4.69) is 20.9 Å². The van der Waals surface area contributed by atoms with E-state index in [1.165, 1.54) is 6.20 Å². The third kappa shape index (κ3) is 2.15. The average Bonchev–Trinajstić information content (AvgIpc) is 3.02. The zero-order chi connectivity index (χ0) is 16.8. The second-order valence-corrected chi connectivity index (χ2v) is 6.35. The van der Waals surface area contributed by atoms with Crippen LogP contribution in [0.3, 0.4) is 0 Å². The molecule has 24 heavy (non-hydrogen) atoms. The van der Waals surface area contributed by atoms with E-state index in [1.807, 2.05) is 36.5 Å². The van der Waals surface area contributed by atoms with Gasteiger partial charge in [0, 0.05) is 33.2 Å². The molecule has 1 amide bonds. The lowest BCUT2D eigenvalue weighted by Crippen LogP contribution is -2.23. The maximum atomic E-state index is 12.5. The van der Waals surface area contributed by atoms with Crippen molar-refractivity contribution >= 4 is 43.6 Å². The van der Waals surface area contributed by atoms with Crippen LogP contribution in [0.1, 0.15) is 10.4 Å². The van der Waals surface area contributed by atoms with E-state index < -0.39 is 5.91 Å². The molecule has 0 aliphatic rings. The van der Waals surface area contributed by atoms with E-state index in [4.69, 9.17) is 5.73 Å². The number of amides is 1. The van der Waals surface area contributed by atoms with Crippen LogP contribution in [0.2, 0.25) is 0 Å². The standard InChI is InChI=1S/C18H12BrN3O2/c19-13-7-10-5-6-21-14(10)8-16(13)22-9-12(18(20)24)17(23)11-3-1-2-4-15(11)22/h1-9,21H,(H2,20,24). The van der Waals surface area contributed by atoms with E-state index in [1.54, 1.807) is 16.7 Å². The first-order valence-corrected chi connectivity index (χ1v) is 8.07. The molecule has 2 aromatic heterocycles. The van der Waals surface area contributed by atoms with Gasteiger partial charge in [-0.05, 0) is 46.3 Å². The van der Waals surface area contributed by atoms with E-state index in [-0.39, 0.29) is 11.0 Å². The average molecular weight is 382 g/mol. The summed E-state index contributed by atoms with van der Waals surface area (Å²) in [6.45, 7) is 0. The third-order valence-corrected chi connectivity index (χ3v) is 4.69. The summed E-state index contributed by atoms with van der Waals surface area (Å²) in [6.07, 6.45) is 3.36. The number of rotatable bonds is 2. The topological polar surface area (TPSA) is 80.9 Å². The highest BCUT2D eigenvalue weighted by Crippen LogP contribution is 2.29. The lowest BCUT2D eigenvalue weighted by molar-refractivity contribution is 0.0999. The number of para-hydroxylation sites is 1. The van der Waals surface area contributed by atoms with Crippen LogP contribution in [0, 0.1) is 0 Å². The fourth-order valence-corrected chi connectivity index (χ4v) is 3.45. The zero-order valence-electron chi connectivity index (χ0n) is 12.4. The number of aromatic nitrogens is 2. The normalized spacial score (nSPS) is 11.2. The van der Waals surface area contributed by atoms with Crippen LogP contribution in [0.15, 0.2) is 64.1 Å². The van der Waals surface area contributed by atoms with E-state index in [0.29, 0.717) is 10.9 Å². The molecule has 2 aromatic carbocycles. The van der Waals surface area contributed by atoms with Gasteiger partial charge in [-0.1, -0.05) is 12.1 Å².